The molecule has 1 aromatic carbocycles. The first-order valence-electron chi connectivity index (χ1n) is 9.14. The van der Waals surface area contributed by atoms with Crippen LogP contribution in [-0.4, -0.2) is 63.2 Å². The first kappa shape index (κ1) is 20.2. The molecular weight excluding hydrogens is 334 g/mol. The molecule has 1 aliphatic heterocycles. The minimum atomic E-state index is -0.173. The lowest BCUT2D eigenvalue weighted by atomic mass is 9.96. The fourth-order valence-corrected chi connectivity index (χ4v) is 3.01. The van der Waals surface area contributed by atoms with Crippen LogP contribution < -0.4 is 15.8 Å². The molecular formula is C19H29N3O4. The van der Waals surface area contributed by atoms with E-state index < -0.39 is 0 Å². The highest BCUT2D eigenvalue weighted by molar-refractivity contribution is 5.95. The third-order valence-corrected chi connectivity index (χ3v) is 4.37. The zero-order valence-corrected chi connectivity index (χ0v) is 15.4. The summed E-state index contributed by atoms with van der Waals surface area (Å²) in [5.74, 6) is 0.403. The van der Waals surface area contributed by atoms with Crippen molar-refractivity contribution in [1.82, 2.24) is 10.2 Å². The van der Waals surface area contributed by atoms with Crippen LogP contribution in [0.5, 0.6) is 5.75 Å². The van der Waals surface area contributed by atoms with Crippen LogP contribution in [0.4, 0.5) is 0 Å². The fraction of sp³-hybridized carbons (Fsp3) is 0.579. The third kappa shape index (κ3) is 6.00. The van der Waals surface area contributed by atoms with Crippen LogP contribution in [0.3, 0.4) is 0 Å². The average Bonchev–Trinajstić information content (AvgIpc) is 2.69. The Labute approximate surface area is 154 Å². The molecule has 0 saturated carbocycles. The molecule has 2 amide bonds. The molecule has 26 heavy (non-hydrogen) atoms. The lowest BCUT2D eigenvalue weighted by molar-refractivity contribution is -0.126. The molecule has 3 N–H and O–H groups in total. The van der Waals surface area contributed by atoms with Crippen molar-refractivity contribution in [1.29, 1.82) is 0 Å². The van der Waals surface area contributed by atoms with Crippen molar-refractivity contribution < 1.29 is 19.1 Å². The summed E-state index contributed by atoms with van der Waals surface area (Å²) in [5, 5.41) is 2.81. The molecule has 7 nitrogen and oxygen atoms in total. The van der Waals surface area contributed by atoms with Gasteiger partial charge in [-0.2, -0.15) is 0 Å². The van der Waals surface area contributed by atoms with E-state index in [4.69, 9.17) is 15.2 Å². The number of carbonyl (C=O) groups excluding carboxylic acids is 2. The Balaban J connectivity index is 1.93. The van der Waals surface area contributed by atoms with Crippen LogP contribution in [0.15, 0.2) is 24.3 Å². The predicted molar refractivity (Wildman–Crippen MR) is 99.1 cm³/mol. The monoisotopic (exact) mass is 363 g/mol. The molecule has 7 heteroatoms. The van der Waals surface area contributed by atoms with Gasteiger partial charge in [0.15, 0.2) is 0 Å². The second kappa shape index (κ2) is 10.8. The summed E-state index contributed by atoms with van der Waals surface area (Å²) >= 11 is 0. The summed E-state index contributed by atoms with van der Waals surface area (Å²) in [7, 11) is 1.65. The molecule has 0 radical (unpaired) electrons. The van der Waals surface area contributed by atoms with Crippen molar-refractivity contribution >= 4 is 11.8 Å². The van der Waals surface area contributed by atoms with Gasteiger partial charge in [0.1, 0.15) is 5.75 Å². The Morgan fingerprint density at radius 1 is 1.35 bits per heavy atom. The number of likely N-dealkylation sites (tertiary alicyclic amines) is 1. The van der Waals surface area contributed by atoms with Crippen LogP contribution in [0.25, 0.3) is 0 Å². The SMILES string of the molecule is COCCCOc1cccc(C(=O)N2CCCC(C(=O)NCCN)C2)c1. The van der Waals surface area contributed by atoms with Gasteiger partial charge in [-0.1, -0.05) is 6.07 Å². The lowest BCUT2D eigenvalue weighted by Crippen LogP contribution is -2.46. The second-order valence-corrected chi connectivity index (χ2v) is 6.39. The highest BCUT2D eigenvalue weighted by Crippen LogP contribution is 2.21. The normalized spacial score (nSPS) is 17.0. The van der Waals surface area contributed by atoms with E-state index in [2.05, 4.69) is 5.32 Å². The molecule has 1 atom stereocenters. The van der Waals surface area contributed by atoms with E-state index in [1.807, 2.05) is 12.1 Å². The smallest absolute Gasteiger partial charge is 0.254 e. The number of methoxy groups -OCH3 is 1. The van der Waals surface area contributed by atoms with Crippen molar-refractivity contribution in [3.63, 3.8) is 0 Å². The van der Waals surface area contributed by atoms with Crippen LogP contribution >= 0.6 is 0 Å². The van der Waals surface area contributed by atoms with Crippen molar-refractivity contribution in [3.8, 4) is 5.75 Å². The Hall–Kier alpha value is -2.12. The molecule has 1 saturated heterocycles. The Morgan fingerprint density at radius 2 is 2.19 bits per heavy atom. The average molecular weight is 363 g/mol. The first-order valence-corrected chi connectivity index (χ1v) is 9.14. The number of piperidine rings is 1. The number of hydrogen-bond donors (Lipinski definition) is 2. The van der Waals surface area contributed by atoms with Crippen LogP contribution in [-0.2, 0) is 9.53 Å². The second-order valence-electron chi connectivity index (χ2n) is 6.39. The van der Waals surface area contributed by atoms with Gasteiger partial charge in [-0.25, -0.2) is 0 Å². The number of rotatable bonds is 9. The zero-order valence-electron chi connectivity index (χ0n) is 15.4. The number of ether oxygens (including phenoxy) is 2. The minimum Gasteiger partial charge on any atom is -0.493 e. The Morgan fingerprint density at radius 3 is 2.96 bits per heavy atom. The van der Waals surface area contributed by atoms with Gasteiger partial charge in [0.25, 0.3) is 5.91 Å². The maximum Gasteiger partial charge on any atom is 0.254 e. The van der Waals surface area contributed by atoms with Gasteiger partial charge in [0.2, 0.25) is 5.91 Å². The van der Waals surface area contributed by atoms with Crippen molar-refractivity contribution in [3.05, 3.63) is 29.8 Å². The van der Waals surface area contributed by atoms with E-state index in [1.165, 1.54) is 0 Å². The van der Waals surface area contributed by atoms with Crippen molar-refractivity contribution in [2.24, 2.45) is 11.7 Å². The van der Waals surface area contributed by atoms with Crippen molar-refractivity contribution in [2.45, 2.75) is 19.3 Å². The molecule has 1 aliphatic rings. The number of amides is 2. The van der Waals surface area contributed by atoms with Crippen molar-refractivity contribution in [2.75, 3.05) is 46.5 Å². The number of hydrogen-bond acceptors (Lipinski definition) is 5. The van der Waals surface area contributed by atoms with Gasteiger partial charge in [-0.15, -0.1) is 0 Å². The molecule has 144 valence electrons. The summed E-state index contributed by atoms with van der Waals surface area (Å²) in [4.78, 5) is 26.7. The number of nitrogens with two attached hydrogens (primary N) is 1. The fourth-order valence-electron chi connectivity index (χ4n) is 3.01. The van der Waals surface area contributed by atoms with Gasteiger partial charge in [-0.05, 0) is 31.0 Å². The summed E-state index contributed by atoms with van der Waals surface area (Å²) in [6.07, 6.45) is 2.41. The highest BCUT2D eigenvalue weighted by Gasteiger charge is 2.28. The molecule has 1 fully saturated rings. The van der Waals surface area contributed by atoms with E-state index in [0.29, 0.717) is 50.7 Å². The van der Waals surface area contributed by atoms with E-state index in [0.717, 1.165) is 19.3 Å². The molecule has 0 aromatic heterocycles. The van der Waals surface area contributed by atoms with Gasteiger partial charge < -0.3 is 25.4 Å². The van der Waals surface area contributed by atoms with Crippen LogP contribution in [0.2, 0.25) is 0 Å². The molecule has 1 unspecified atom stereocenters. The number of nitrogens with one attached hydrogen (secondary N) is 1. The van der Waals surface area contributed by atoms with Gasteiger partial charge >= 0.3 is 0 Å². The quantitative estimate of drug-likeness (QED) is 0.639. The minimum absolute atomic E-state index is 0.0248. The third-order valence-electron chi connectivity index (χ3n) is 4.37. The van der Waals surface area contributed by atoms with E-state index in [9.17, 15) is 9.59 Å². The van der Waals surface area contributed by atoms with Gasteiger partial charge in [-0.3, -0.25) is 9.59 Å². The summed E-state index contributed by atoms with van der Waals surface area (Å²) < 4.78 is 10.7. The molecule has 0 spiro atoms. The van der Waals surface area contributed by atoms with E-state index in [-0.39, 0.29) is 17.7 Å². The molecule has 0 bridgehead atoms. The van der Waals surface area contributed by atoms with Crippen LogP contribution in [0.1, 0.15) is 29.6 Å². The Bertz CT molecular complexity index is 594. The summed E-state index contributed by atoms with van der Waals surface area (Å²) in [6, 6.07) is 7.19. The van der Waals surface area contributed by atoms with Gasteiger partial charge in [0, 0.05) is 51.9 Å². The molecule has 2 rings (SSSR count). The molecule has 0 aliphatic carbocycles. The molecule has 1 aromatic rings. The zero-order chi connectivity index (χ0) is 18.8. The largest absolute Gasteiger partial charge is 0.493 e. The highest BCUT2D eigenvalue weighted by atomic mass is 16.5. The summed E-state index contributed by atoms with van der Waals surface area (Å²) in [5.41, 5.74) is 6.01. The van der Waals surface area contributed by atoms with Crippen LogP contribution in [0, 0.1) is 5.92 Å². The van der Waals surface area contributed by atoms with E-state index in [1.54, 1.807) is 24.1 Å². The molecule has 1 heterocycles. The Kier molecular flexibility index (Phi) is 8.37. The number of benzene rings is 1. The number of nitrogens with zero attached hydrogens (tertiary/aromatic N) is 1. The predicted octanol–water partition coefficient (Wildman–Crippen LogP) is 1.03. The maximum absolute atomic E-state index is 12.8. The lowest BCUT2D eigenvalue weighted by Gasteiger charge is -2.32. The first-order chi connectivity index (χ1) is 12.7. The van der Waals surface area contributed by atoms with Gasteiger partial charge in [0.05, 0.1) is 12.5 Å². The standard InChI is InChI=1S/C19H29N3O4/c1-25-11-4-12-26-17-7-2-5-15(13-17)19(24)22-10-3-6-16(14-22)18(23)21-9-8-20/h2,5,7,13,16H,3-4,6,8-12,14,20H2,1H3,(H,21,23). The van der Waals surface area contributed by atoms with E-state index >= 15 is 0 Å². The number of carbonyl (C=O) groups is 2. The maximum atomic E-state index is 12.8. The topological polar surface area (TPSA) is 93.9 Å². The summed E-state index contributed by atoms with van der Waals surface area (Å²) in [6.45, 7) is 3.16.